The second kappa shape index (κ2) is 8.77. The fraction of sp³-hybridized carbons (Fsp3) is 0.217. The average Bonchev–Trinajstić information content (AvgIpc) is 2.71. The van der Waals surface area contributed by atoms with Crippen LogP contribution in [0, 0.1) is 20.8 Å². The Balaban J connectivity index is 1.53. The molecule has 0 aliphatic carbocycles. The average molecular weight is 434 g/mol. The van der Waals surface area contributed by atoms with Crippen molar-refractivity contribution in [3.8, 4) is 0 Å². The van der Waals surface area contributed by atoms with E-state index in [4.69, 9.17) is 0 Å². The van der Waals surface area contributed by atoms with Gasteiger partial charge in [-0.05, 0) is 50.6 Å². The number of nitrogens with one attached hydrogen (secondary N) is 2. The van der Waals surface area contributed by atoms with Gasteiger partial charge in [-0.1, -0.05) is 29.8 Å². The van der Waals surface area contributed by atoms with Gasteiger partial charge in [0.05, 0.1) is 18.0 Å². The standard InChI is InChI=1S/C23H23N5O2S/c1-14-4-6-17(7-5-14)12-28-19-11-18(8-9-20(19)31-13-21(28)29)26-23(30)27-22-24-15(2)10-16(3)25-22/h4-11H,12-13H2,1-3H3,(H2,24,25,26,27,30). The molecule has 3 aromatic rings. The monoisotopic (exact) mass is 433 g/mol. The summed E-state index contributed by atoms with van der Waals surface area (Å²) in [5.41, 5.74) is 5.17. The van der Waals surface area contributed by atoms with Crippen LogP contribution < -0.4 is 15.5 Å². The van der Waals surface area contributed by atoms with E-state index in [-0.39, 0.29) is 11.9 Å². The van der Waals surface area contributed by atoms with Crippen LogP contribution in [0.1, 0.15) is 22.5 Å². The predicted octanol–water partition coefficient (Wildman–Crippen LogP) is 4.68. The molecule has 0 spiro atoms. The highest BCUT2D eigenvalue weighted by atomic mass is 32.2. The van der Waals surface area contributed by atoms with E-state index in [1.165, 1.54) is 17.3 Å². The highest BCUT2D eigenvalue weighted by Crippen LogP contribution is 2.38. The fourth-order valence-corrected chi connectivity index (χ4v) is 4.29. The molecule has 4 rings (SSSR count). The number of aryl methyl sites for hydroxylation is 3. The molecule has 2 N–H and O–H groups in total. The van der Waals surface area contributed by atoms with Gasteiger partial charge in [0.25, 0.3) is 0 Å². The number of fused-ring (bicyclic) bond motifs is 1. The summed E-state index contributed by atoms with van der Waals surface area (Å²) in [5.74, 6) is 0.693. The number of carbonyl (C=O) groups is 2. The summed E-state index contributed by atoms with van der Waals surface area (Å²) in [6.07, 6.45) is 0. The Hall–Kier alpha value is -3.39. The summed E-state index contributed by atoms with van der Waals surface area (Å²) >= 11 is 1.51. The summed E-state index contributed by atoms with van der Waals surface area (Å²) in [7, 11) is 0. The van der Waals surface area contributed by atoms with Crippen molar-refractivity contribution in [2.45, 2.75) is 32.2 Å². The Morgan fingerprint density at radius 3 is 2.42 bits per heavy atom. The topological polar surface area (TPSA) is 87.2 Å². The van der Waals surface area contributed by atoms with Gasteiger partial charge in [0.15, 0.2) is 0 Å². The largest absolute Gasteiger partial charge is 0.326 e. The summed E-state index contributed by atoms with van der Waals surface area (Å²) in [4.78, 5) is 36.3. The molecule has 0 radical (unpaired) electrons. The van der Waals surface area contributed by atoms with Crippen LogP contribution in [0.3, 0.4) is 0 Å². The first-order valence-electron chi connectivity index (χ1n) is 9.90. The lowest BCUT2D eigenvalue weighted by Crippen LogP contribution is -2.35. The van der Waals surface area contributed by atoms with Crippen molar-refractivity contribution >= 4 is 41.0 Å². The number of hydrogen-bond acceptors (Lipinski definition) is 5. The molecule has 3 amide bonds. The minimum Gasteiger partial charge on any atom is -0.308 e. The normalized spacial score (nSPS) is 13.0. The molecule has 2 aromatic carbocycles. The van der Waals surface area contributed by atoms with Crippen LogP contribution >= 0.6 is 11.8 Å². The van der Waals surface area contributed by atoms with Gasteiger partial charge >= 0.3 is 6.03 Å². The zero-order chi connectivity index (χ0) is 22.0. The first kappa shape index (κ1) is 20.9. The predicted molar refractivity (Wildman–Crippen MR) is 124 cm³/mol. The number of rotatable bonds is 4. The van der Waals surface area contributed by atoms with Crippen LogP contribution in [-0.2, 0) is 11.3 Å². The number of aromatic nitrogens is 2. The van der Waals surface area contributed by atoms with Gasteiger partial charge in [-0.25, -0.2) is 14.8 Å². The minimum atomic E-state index is -0.440. The lowest BCUT2D eigenvalue weighted by molar-refractivity contribution is -0.116. The smallest absolute Gasteiger partial charge is 0.308 e. The first-order valence-corrected chi connectivity index (χ1v) is 10.9. The van der Waals surface area contributed by atoms with Crippen LogP contribution in [0.4, 0.5) is 22.1 Å². The van der Waals surface area contributed by atoms with E-state index < -0.39 is 6.03 Å². The van der Waals surface area contributed by atoms with Crippen molar-refractivity contribution < 1.29 is 9.59 Å². The second-order valence-electron chi connectivity index (χ2n) is 7.49. The summed E-state index contributed by atoms with van der Waals surface area (Å²) < 4.78 is 0. The molecule has 158 valence electrons. The maximum absolute atomic E-state index is 12.7. The summed E-state index contributed by atoms with van der Waals surface area (Å²) in [6.45, 7) is 6.21. The van der Waals surface area contributed by atoms with Crippen molar-refractivity contribution in [3.63, 3.8) is 0 Å². The molecule has 1 aromatic heterocycles. The lowest BCUT2D eigenvalue weighted by atomic mass is 10.1. The quantitative estimate of drug-likeness (QED) is 0.624. The van der Waals surface area contributed by atoms with E-state index >= 15 is 0 Å². The van der Waals surface area contributed by atoms with Crippen molar-refractivity contribution in [1.82, 2.24) is 9.97 Å². The Labute approximate surface area is 185 Å². The SMILES string of the molecule is Cc1ccc(CN2C(=O)CSc3ccc(NC(=O)Nc4nc(C)cc(C)n4)cc32)cc1. The van der Waals surface area contributed by atoms with Gasteiger partial charge in [0.2, 0.25) is 11.9 Å². The Kier molecular flexibility index (Phi) is 5.90. The number of urea groups is 1. The maximum atomic E-state index is 12.7. The van der Waals surface area contributed by atoms with E-state index in [1.54, 1.807) is 4.90 Å². The number of thioether (sulfide) groups is 1. The Morgan fingerprint density at radius 1 is 1.00 bits per heavy atom. The van der Waals surface area contributed by atoms with Gasteiger partial charge in [-0.15, -0.1) is 11.8 Å². The molecule has 7 nitrogen and oxygen atoms in total. The Bertz CT molecular complexity index is 1130. The number of hydrogen-bond donors (Lipinski definition) is 2. The fourth-order valence-electron chi connectivity index (χ4n) is 3.38. The lowest BCUT2D eigenvalue weighted by Gasteiger charge is -2.29. The zero-order valence-corrected chi connectivity index (χ0v) is 18.4. The molecule has 1 aliphatic heterocycles. The van der Waals surface area contributed by atoms with Gasteiger partial charge in [-0.2, -0.15) is 0 Å². The second-order valence-corrected chi connectivity index (χ2v) is 8.51. The van der Waals surface area contributed by atoms with Crippen LogP contribution in [0.2, 0.25) is 0 Å². The van der Waals surface area contributed by atoms with E-state index in [1.807, 2.05) is 69.3 Å². The van der Waals surface area contributed by atoms with Crippen molar-refractivity contribution in [2.24, 2.45) is 0 Å². The van der Waals surface area contributed by atoms with Gasteiger partial charge in [-0.3, -0.25) is 10.1 Å². The van der Waals surface area contributed by atoms with E-state index in [9.17, 15) is 9.59 Å². The van der Waals surface area contributed by atoms with Crippen molar-refractivity contribution in [2.75, 3.05) is 21.3 Å². The highest BCUT2D eigenvalue weighted by Gasteiger charge is 2.25. The first-order chi connectivity index (χ1) is 14.9. The molecule has 0 unspecified atom stereocenters. The number of benzene rings is 2. The molecule has 0 fully saturated rings. The molecule has 2 heterocycles. The van der Waals surface area contributed by atoms with Crippen LogP contribution in [0.5, 0.6) is 0 Å². The third kappa shape index (κ3) is 5.03. The molecule has 8 heteroatoms. The van der Waals surface area contributed by atoms with Gasteiger partial charge in [0, 0.05) is 22.0 Å². The van der Waals surface area contributed by atoms with E-state index in [0.717, 1.165) is 27.5 Å². The molecule has 0 saturated heterocycles. The third-order valence-electron chi connectivity index (χ3n) is 4.83. The number of nitrogens with zero attached hydrogens (tertiary/aromatic N) is 3. The summed E-state index contributed by atoms with van der Waals surface area (Å²) in [5, 5.41) is 5.47. The van der Waals surface area contributed by atoms with E-state index in [0.29, 0.717) is 18.0 Å². The van der Waals surface area contributed by atoms with Crippen LogP contribution in [0.25, 0.3) is 0 Å². The molecule has 1 aliphatic rings. The molecule has 0 atom stereocenters. The van der Waals surface area contributed by atoms with Crippen molar-refractivity contribution in [3.05, 3.63) is 71.0 Å². The third-order valence-corrected chi connectivity index (χ3v) is 5.88. The minimum absolute atomic E-state index is 0.0447. The Morgan fingerprint density at radius 2 is 1.71 bits per heavy atom. The molecule has 0 bridgehead atoms. The van der Waals surface area contributed by atoms with Crippen LogP contribution in [-0.4, -0.2) is 27.7 Å². The highest BCUT2D eigenvalue weighted by molar-refractivity contribution is 8.00. The maximum Gasteiger partial charge on any atom is 0.326 e. The van der Waals surface area contributed by atoms with Gasteiger partial charge in [0.1, 0.15) is 0 Å². The van der Waals surface area contributed by atoms with Crippen LogP contribution in [0.15, 0.2) is 53.4 Å². The molecule has 0 saturated carbocycles. The summed E-state index contributed by atoms with van der Waals surface area (Å²) in [6, 6.07) is 15.1. The molecular weight excluding hydrogens is 410 g/mol. The van der Waals surface area contributed by atoms with E-state index in [2.05, 4.69) is 20.6 Å². The number of anilines is 3. The molecular formula is C23H23N5O2S. The number of amides is 3. The van der Waals surface area contributed by atoms with Gasteiger partial charge < -0.3 is 10.2 Å². The molecule has 31 heavy (non-hydrogen) atoms. The number of carbonyl (C=O) groups excluding carboxylic acids is 2. The van der Waals surface area contributed by atoms with Crippen molar-refractivity contribution in [1.29, 1.82) is 0 Å². The zero-order valence-electron chi connectivity index (χ0n) is 17.6.